The number of hydrogen-bond acceptors (Lipinski definition) is 2. The molecular weight excluding hydrogens is 324 g/mol. The van der Waals surface area contributed by atoms with Gasteiger partial charge in [0.1, 0.15) is 0 Å². The van der Waals surface area contributed by atoms with Crippen LogP contribution < -0.4 is 10.6 Å². The Kier molecular flexibility index (Phi) is 6.56. The van der Waals surface area contributed by atoms with Crippen molar-refractivity contribution in [3.05, 3.63) is 64.7 Å². The SMILES string of the molecule is Cc1cccc(CNC(=O)C(=O)Nc2c(C(C)C)cccc2C(C)C)c1. The van der Waals surface area contributed by atoms with Crippen LogP contribution in [0, 0.1) is 6.92 Å². The molecule has 26 heavy (non-hydrogen) atoms. The fraction of sp³-hybridized carbons (Fsp3) is 0.364. The fourth-order valence-electron chi connectivity index (χ4n) is 2.95. The van der Waals surface area contributed by atoms with E-state index in [2.05, 4.69) is 38.3 Å². The average molecular weight is 352 g/mol. The van der Waals surface area contributed by atoms with Gasteiger partial charge in [0, 0.05) is 12.2 Å². The molecule has 0 unspecified atom stereocenters. The lowest BCUT2D eigenvalue weighted by atomic mass is 9.92. The first-order valence-electron chi connectivity index (χ1n) is 9.07. The largest absolute Gasteiger partial charge is 0.344 e. The minimum atomic E-state index is -0.632. The van der Waals surface area contributed by atoms with E-state index in [0.29, 0.717) is 6.54 Å². The zero-order chi connectivity index (χ0) is 19.3. The summed E-state index contributed by atoms with van der Waals surface area (Å²) in [5, 5.41) is 5.53. The van der Waals surface area contributed by atoms with Crippen LogP contribution in [0.1, 0.15) is 61.8 Å². The van der Waals surface area contributed by atoms with Crippen molar-refractivity contribution < 1.29 is 9.59 Å². The van der Waals surface area contributed by atoms with Gasteiger partial charge in [-0.2, -0.15) is 0 Å². The van der Waals surface area contributed by atoms with Crippen molar-refractivity contribution in [2.45, 2.75) is 53.0 Å². The molecule has 0 fully saturated rings. The van der Waals surface area contributed by atoms with Crippen molar-refractivity contribution in [2.75, 3.05) is 5.32 Å². The summed E-state index contributed by atoms with van der Waals surface area (Å²) in [6, 6.07) is 13.8. The highest BCUT2D eigenvalue weighted by Crippen LogP contribution is 2.32. The monoisotopic (exact) mass is 352 g/mol. The first-order chi connectivity index (χ1) is 12.3. The molecule has 0 saturated carbocycles. The van der Waals surface area contributed by atoms with Crippen molar-refractivity contribution in [1.82, 2.24) is 5.32 Å². The van der Waals surface area contributed by atoms with Crippen LogP contribution in [-0.2, 0) is 16.1 Å². The Bertz CT molecular complexity index is 768. The third-order valence-electron chi connectivity index (χ3n) is 4.35. The van der Waals surface area contributed by atoms with Gasteiger partial charge >= 0.3 is 11.8 Å². The smallest absolute Gasteiger partial charge is 0.313 e. The average Bonchev–Trinajstić information content (AvgIpc) is 2.59. The molecule has 138 valence electrons. The number of benzene rings is 2. The van der Waals surface area contributed by atoms with Gasteiger partial charge in [-0.3, -0.25) is 9.59 Å². The Hall–Kier alpha value is -2.62. The molecule has 0 atom stereocenters. The maximum atomic E-state index is 12.4. The molecule has 0 radical (unpaired) electrons. The third-order valence-corrected chi connectivity index (χ3v) is 4.35. The predicted molar refractivity (Wildman–Crippen MR) is 106 cm³/mol. The summed E-state index contributed by atoms with van der Waals surface area (Å²) in [5.74, 6) is -0.758. The van der Waals surface area contributed by atoms with Crippen LogP contribution in [0.15, 0.2) is 42.5 Å². The van der Waals surface area contributed by atoms with Gasteiger partial charge < -0.3 is 10.6 Å². The topological polar surface area (TPSA) is 58.2 Å². The Morgan fingerprint density at radius 1 is 0.885 bits per heavy atom. The molecular formula is C22H28N2O2. The Morgan fingerprint density at radius 2 is 1.46 bits per heavy atom. The maximum absolute atomic E-state index is 12.4. The van der Waals surface area contributed by atoms with Crippen LogP contribution in [0.2, 0.25) is 0 Å². The van der Waals surface area contributed by atoms with Gasteiger partial charge in [-0.05, 0) is 35.4 Å². The second-order valence-corrected chi connectivity index (χ2v) is 7.25. The number of hydrogen-bond donors (Lipinski definition) is 2. The van der Waals surface area contributed by atoms with Crippen LogP contribution in [0.5, 0.6) is 0 Å². The number of anilines is 1. The van der Waals surface area contributed by atoms with E-state index in [-0.39, 0.29) is 11.8 Å². The van der Waals surface area contributed by atoms with Crippen molar-refractivity contribution in [1.29, 1.82) is 0 Å². The second kappa shape index (κ2) is 8.65. The summed E-state index contributed by atoms with van der Waals surface area (Å²) in [7, 11) is 0. The van der Waals surface area contributed by atoms with Crippen LogP contribution >= 0.6 is 0 Å². The molecule has 2 aromatic rings. The molecule has 2 amide bonds. The summed E-state index contributed by atoms with van der Waals surface area (Å²) in [4.78, 5) is 24.7. The summed E-state index contributed by atoms with van der Waals surface area (Å²) >= 11 is 0. The van der Waals surface area contributed by atoms with Crippen LogP contribution in [0.4, 0.5) is 5.69 Å². The Balaban J connectivity index is 2.12. The lowest BCUT2D eigenvalue weighted by molar-refractivity contribution is -0.136. The minimum Gasteiger partial charge on any atom is -0.344 e. The van der Waals surface area contributed by atoms with Gasteiger partial charge in [0.2, 0.25) is 0 Å². The summed E-state index contributed by atoms with van der Waals surface area (Å²) in [5.41, 5.74) is 4.92. The first-order valence-corrected chi connectivity index (χ1v) is 9.07. The van der Waals surface area contributed by atoms with E-state index in [1.54, 1.807) is 0 Å². The van der Waals surface area contributed by atoms with Gasteiger partial charge in [-0.15, -0.1) is 0 Å². The normalized spacial score (nSPS) is 10.9. The summed E-state index contributed by atoms with van der Waals surface area (Å²) in [6.07, 6.45) is 0. The van der Waals surface area contributed by atoms with Crippen molar-refractivity contribution in [3.8, 4) is 0 Å². The van der Waals surface area contributed by atoms with E-state index in [1.807, 2.05) is 49.4 Å². The van der Waals surface area contributed by atoms with Crippen LogP contribution in [-0.4, -0.2) is 11.8 Å². The molecule has 0 saturated heterocycles. The first kappa shape index (κ1) is 19.7. The van der Waals surface area contributed by atoms with Crippen molar-refractivity contribution in [3.63, 3.8) is 0 Å². The van der Waals surface area contributed by atoms with E-state index in [4.69, 9.17) is 0 Å². The van der Waals surface area contributed by atoms with E-state index >= 15 is 0 Å². The molecule has 0 aliphatic carbocycles. The molecule has 4 nitrogen and oxygen atoms in total. The molecule has 0 aliphatic heterocycles. The number of carbonyl (C=O) groups excluding carboxylic acids is 2. The maximum Gasteiger partial charge on any atom is 0.313 e. The number of carbonyl (C=O) groups is 2. The van der Waals surface area contributed by atoms with E-state index in [9.17, 15) is 9.59 Å². The van der Waals surface area contributed by atoms with E-state index in [0.717, 1.165) is 27.9 Å². The number of para-hydroxylation sites is 1. The third kappa shape index (κ3) is 4.94. The molecule has 0 aliphatic rings. The predicted octanol–water partition coefficient (Wildman–Crippen LogP) is 4.50. The zero-order valence-corrected chi connectivity index (χ0v) is 16.2. The Morgan fingerprint density at radius 3 is 2.00 bits per heavy atom. The molecule has 0 spiro atoms. The molecule has 2 rings (SSSR count). The van der Waals surface area contributed by atoms with Gasteiger partial charge in [0.25, 0.3) is 0 Å². The van der Waals surface area contributed by atoms with Gasteiger partial charge in [0.15, 0.2) is 0 Å². The lowest BCUT2D eigenvalue weighted by Crippen LogP contribution is -2.35. The molecule has 0 aromatic heterocycles. The van der Waals surface area contributed by atoms with Crippen molar-refractivity contribution >= 4 is 17.5 Å². The highest BCUT2D eigenvalue weighted by Gasteiger charge is 2.19. The van der Waals surface area contributed by atoms with Crippen LogP contribution in [0.3, 0.4) is 0 Å². The molecule has 0 heterocycles. The number of rotatable bonds is 5. The van der Waals surface area contributed by atoms with E-state index < -0.39 is 11.8 Å². The summed E-state index contributed by atoms with van der Waals surface area (Å²) in [6.45, 7) is 10.6. The summed E-state index contributed by atoms with van der Waals surface area (Å²) < 4.78 is 0. The number of aryl methyl sites for hydroxylation is 1. The lowest BCUT2D eigenvalue weighted by Gasteiger charge is -2.20. The highest BCUT2D eigenvalue weighted by molar-refractivity contribution is 6.39. The standard InChI is InChI=1S/C22H28N2O2/c1-14(2)18-10-7-11-19(15(3)4)20(18)24-22(26)21(25)23-13-17-9-6-8-16(5)12-17/h6-12,14-15H,13H2,1-5H3,(H,23,25)(H,24,26). The van der Waals surface area contributed by atoms with Crippen LogP contribution in [0.25, 0.3) is 0 Å². The molecule has 2 N–H and O–H groups in total. The number of nitrogens with one attached hydrogen (secondary N) is 2. The quantitative estimate of drug-likeness (QED) is 0.779. The van der Waals surface area contributed by atoms with Gasteiger partial charge in [-0.25, -0.2) is 0 Å². The molecule has 2 aromatic carbocycles. The Labute approximate surface area is 156 Å². The minimum absolute atomic E-state index is 0.249. The fourth-order valence-corrected chi connectivity index (χ4v) is 2.95. The molecule has 4 heteroatoms. The second-order valence-electron chi connectivity index (χ2n) is 7.25. The van der Waals surface area contributed by atoms with Crippen molar-refractivity contribution in [2.24, 2.45) is 0 Å². The van der Waals surface area contributed by atoms with Gasteiger partial charge in [0.05, 0.1) is 0 Å². The highest BCUT2D eigenvalue weighted by atomic mass is 16.2. The zero-order valence-electron chi connectivity index (χ0n) is 16.2. The van der Waals surface area contributed by atoms with Gasteiger partial charge in [-0.1, -0.05) is 75.7 Å². The van der Waals surface area contributed by atoms with E-state index in [1.165, 1.54) is 0 Å². The number of amides is 2. The molecule has 0 bridgehead atoms.